The molecule has 120 valence electrons. The van der Waals surface area contributed by atoms with Crippen molar-refractivity contribution in [2.45, 2.75) is 78.3 Å². The molecule has 1 aliphatic carbocycles. The molecule has 1 aromatic rings. The van der Waals surface area contributed by atoms with E-state index in [9.17, 15) is 0 Å². The molecule has 2 unspecified atom stereocenters. The topological polar surface area (TPSA) is 28.2 Å². The first-order chi connectivity index (χ1) is 10.2. The third-order valence-corrected chi connectivity index (χ3v) is 5.68. The lowest BCUT2D eigenvalue weighted by atomic mass is 9.98. The third-order valence-electron chi connectivity index (χ3n) is 4.51. The lowest BCUT2D eigenvalue weighted by molar-refractivity contribution is 0.465. The van der Waals surface area contributed by atoms with Gasteiger partial charge in [0.15, 0.2) is 5.13 Å². The Morgan fingerprint density at radius 3 is 2.86 bits per heavy atom. The Morgan fingerprint density at radius 2 is 2.19 bits per heavy atom. The van der Waals surface area contributed by atoms with Crippen LogP contribution >= 0.6 is 11.3 Å². The number of aryl methyl sites for hydroxylation is 1. The van der Waals surface area contributed by atoms with Crippen molar-refractivity contribution in [1.29, 1.82) is 0 Å². The van der Waals surface area contributed by atoms with Gasteiger partial charge in [0, 0.05) is 17.5 Å². The predicted octanol–water partition coefficient (Wildman–Crippen LogP) is 4.54. The molecule has 0 fully saturated rings. The van der Waals surface area contributed by atoms with E-state index in [4.69, 9.17) is 4.98 Å². The van der Waals surface area contributed by atoms with E-state index in [1.807, 2.05) is 11.3 Å². The molecule has 0 aliphatic heterocycles. The Balaban J connectivity index is 2.21. The third kappa shape index (κ3) is 3.98. The molecule has 1 aromatic heterocycles. The Morgan fingerprint density at radius 1 is 1.38 bits per heavy atom. The molecular formula is C17H31N3S. The molecule has 0 radical (unpaired) electrons. The van der Waals surface area contributed by atoms with E-state index in [-0.39, 0.29) is 0 Å². The average molecular weight is 310 g/mol. The summed E-state index contributed by atoms with van der Waals surface area (Å²) in [7, 11) is 0. The van der Waals surface area contributed by atoms with E-state index in [1.165, 1.54) is 54.2 Å². The lowest BCUT2D eigenvalue weighted by Gasteiger charge is -2.28. The largest absolute Gasteiger partial charge is 0.345 e. The van der Waals surface area contributed by atoms with Crippen molar-refractivity contribution in [3.05, 3.63) is 10.6 Å². The van der Waals surface area contributed by atoms with Gasteiger partial charge in [0.2, 0.25) is 0 Å². The number of nitrogens with zero attached hydrogens (tertiary/aromatic N) is 2. The molecule has 1 aliphatic rings. The first-order valence-electron chi connectivity index (χ1n) is 8.70. The summed E-state index contributed by atoms with van der Waals surface area (Å²) in [5.41, 5.74) is 1.34. The van der Waals surface area contributed by atoms with E-state index >= 15 is 0 Å². The number of unbranched alkanes of at least 4 members (excludes halogenated alkanes) is 1. The van der Waals surface area contributed by atoms with Crippen molar-refractivity contribution in [1.82, 2.24) is 10.3 Å². The second kappa shape index (κ2) is 8.14. The van der Waals surface area contributed by atoms with Gasteiger partial charge in [-0.15, -0.1) is 11.3 Å². The molecule has 3 nitrogen and oxygen atoms in total. The molecule has 0 aromatic carbocycles. The van der Waals surface area contributed by atoms with E-state index in [1.54, 1.807) is 0 Å². The summed E-state index contributed by atoms with van der Waals surface area (Å²) in [5, 5.41) is 4.86. The number of aromatic nitrogens is 1. The maximum Gasteiger partial charge on any atom is 0.186 e. The maximum atomic E-state index is 5.06. The second-order valence-electron chi connectivity index (χ2n) is 6.11. The fourth-order valence-corrected chi connectivity index (χ4v) is 4.32. The molecule has 0 amide bonds. The Hall–Kier alpha value is -0.610. The summed E-state index contributed by atoms with van der Waals surface area (Å²) < 4.78 is 0. The maximum absolute atomic E-state index is 5.06. The van der Waals surface area contributed by atoms with Gasteiger partial charge in [-0.2, -0.15) is 0 Å². The van der Waals surface area contributed by atoms with Crippen molar-refractivity contribution in [2.75, 3.05) is 18.0 Å². The summed E-state index contributed by atoms with van der Waals surface area (Å²) in [4.78, 5) is 9.11. The number of thiazole rings is 1. The van der Waals surface area contributed by atoms with Gasteiger partial charge < -0.3 is 10.2 Å². The molecule has 1 heterocycles. The zero-order valence-corrected chi connectivity index (χ0v) is 14.9. The van der Waals surface area contributed by atoms with Crippen LogP contribution in [-0.4, -0.2) is 24.1 Å². The summed E-state index contributed by atoms with van der Waals surface area (Å²) in [6.07, 6.45) is 7.44. The van der Waals surface area contributed by atoms with E-state index < -0.39 is 0 Å². The lowest BCUT2D eigenvalue weighted by Crippen LogP contribution is -2.33. The fraction of sp³-hybridized carbons (Fsp3) is 0.824. The SMILES string of the molecule is CCCCN(c1nc2c(s1)CCCC2NCC)C(C)CC. The number of hydrogen-bond acceptors (Lipinski definition) is 4. The average Bonchev–Trinajstić information content (AvgIpc) is 2.92. The van der Waals surface area contributed by atoms with Crippen LogP contribution in [0.25, 0.3) is 0 Å². The monoisotopic (exact) mass is 309 g/mol. The van der Waals surface area contributed by atoms with E-state index in [2.05, 4.69) is 37.9 Å². The van der Waals surface area contributed by atoms with Gasteiger partial charge in [0.25, 0.3) is 0 Å². The van der Waals surface area contributed by atoms with Crippen molar-refractivity contribution in [3.8, 4) is 0 Å². The normalized spacial score (nSPS) is 19.3. The molecule has 1 N–H and O–H groups in total. The molecular weight excluding hydrogens is 278 g/mol. The second-order valence-corrected chi connectivity index (χ2v) is 7.17. The minimum atomic E-state index is 0.480. The first-order valence-corrected chi connectivity index (χ1v) is 9.52. The number of nitrogens with one attached hydrogen (secondary N) is 1. The van der Waals surface area contributed by atoms with Crippen LogP contribution in [0.3, 0.4) is 0 Å². The summed E-state index contributed by atoms with van der Waals surface area (Å²) in [6, 6.07) is 1.07. The van der Waals surface area contributed by atoms with Crippen LogP contribution in [0.4, 0.5) is 5.13 Å². The number of fused-ring (bicyclic) bond motifs is 1. The highest BCUT2D eigenvalue weighted by Gasteiger charge is 2.26. The van der Waals surface area contributed by atoms with Crippen LogP contribution in [0.2, 0.25) is 0 Å². The van der Waals surface area contributed by atoms with Crippen LogP contribution in [0.1, 0.15) is 76.4 Å². The van der Waals surface area contributed by atoms with Gasteiger partial charge in [-0.05, 0) is 45.6 Å². The molecule has 0 saturated heterocycles. The van der Waals surface area contributed by atoms with Gasteiger partial charge >= 0.3 is 0 Å². The van der Waals surface area contributed by atoms with Gasteiger partial charge in [-0.3, -0.25) is 0 Å². The summed E-state index contributed by atoms with van der Waals surface area (Å²) in [6.45, 7) is 11.2. The molecule has 0 spiro atoms. The van der Waals surface area contributed by atoms with Gasteiger partial charge in [-0.25, -0.2) is 4.98 Å². The zero-order chi connectivity index (χ0) is 15.2. The molecule has 0 saturated carbocycles. The first kappa shape index (κ1) is 16.8. The van der Waals surface area contributed by atoms with Crippen LogP contribution in [0, 0.1) is 0 Å². The quantitative estimate of drug-likeness (QED) is 0.764. The van der Waals surface area contributed by atoms with Crippen molar-refractivity contribution >= 4 is 16.5 Å². The molecule has 2 atom stereocenters. The minimum absolute atomic E-state index is 0.480. The summed E-state index contributed by atoms with van der Waals surface area (Å²) in [5.74, 6) is 0. The van der Waals surface area contributed by atoms with Crippen molar-refractivity contribution in [3.63, 3.8) is 0 Å². The summed E-state index contributed by atoms with van der Waals surface area (Å²) >= 11 is 1.94. The van der Waals surface area contributed by atoms with Crippen LogP contribution in [0.15, 0.2) is 0 Å². The fourth-order valence-electron chi connectivity index (χ4n) is 3.03. The smallest absolute Gasteiger partial charge is 0.186 e. The molecule has 2 rings (SSSR count). The van der Waals surface area contributed by atoms with Crippen molar-refractivity contribution < 1.29 is 0 Å². The Bertz CT molecular complexity index is 430. The predicted molar refractivity (Wildman–Crippen MR) is 93.5 cm³/mol. The molecule has 21 heavy (non-hydrogen) atoms. The van der Waals surface area contributed by atoms with Crippen LogP contribution < -0.4 is 10.2 Å². The minimum Gasteiger partial charge on any atom is -0.345 e. The zero-order valence-electron chi connectivity index (χ0n) is 14.1. The van der Waals surface area contributed by atoms with Crippen LogP contribution in [-0.2, 0) is 6.42 Å². The van der Waals surface area contributed by atoms with E-state index in [0.29, 0.717) is 12.1 Å². The standard InChI is InChI=1S/C17H31N3S/c1-5-8-12-20(13(4)6-2)17-19-16-14(18-7-3)10-9-11-15(16)21-17/h13-14,18H,5-12H2,1-4H3. The van der Waals surface area contributed by atoms with E-state index in [0.717, 1.165) is 13.1 Å². The highest BCUT2D eigenvalue weighted by Crippen LogP contribution is 2.37. The van der Waals surface area contributed by atoms with Crippen molar-refractivity contribution in [2.24, 2.45) is 0 Å². The van der Waals surface area contributed by atoms with Gasteiger partial charge in [-0.1, -0.05) is 27.2 Å². The van der Waals surface area contributed by atoms with Gasteiger partial charge in [0.05, 0.1) is 11.7 Å². The molecule has 0 bridgehead atoms. The Kier molecular flexibility index (Phi) is 6.49. The molecule has 4 heteroatoms. The van der Waals surface area contributed by atoms with Gasteiger partial charge in [0.1, 0.15) is 0 Å². The number of rotatable bonds is 8. The highest BCUT2D eigenvalue weighted by molar-refractivity contribution is 7.15. The Labute approximate surface area is 134 Å². The highest BCUT2D eigenvalue weighted by atomic mass is 32.1. The number of hydrogen-bond donors (Lipinski definition) is 1. The van der Waals surface area contributed by atoms with Crippen LogP contribution in [0.5, 0.6) is 0 Å². The number of anilines is 1.